The summed E-state index contributed by atoms with van der Waals surface area (Å²) in [7, 11) is 0. The number of nitrogens with two attached hydrogens (primary N) is 4. The quantitative estimate of drug-likeness (QED) is 0.0304. The first-order valence-electron chi connectivity index (χ1n) is 38.0. The van der Waals surface area contributed by atoms with Gasteiger partial charge in [0.1, 0.15) is 84.2 Å². The van der Waals surface area contributed by atoms with E-state index in [9.17, 15) is 33.9 Å². The average Bonchev–Trinajstić information content (AvgIpc) is 1.55. The summed E-state index contributed by atoms with van der Waals surface area (Å²) in [6, 6.07) is 19.2. The normalized spacial score (nSPS) is 22.2. The fourth-order valence-electron chi connectivity index (χ4n) is 14.1. The molecule has 6 aromatic heterocycles. The molecular formula is C77H103N19O16. The van der Waals surface area contributed by atoms with Crippen molar-refractivity contribution in [3.63, 3.8) is 0 Å². The molecule has 0 aromatic carbocycles. The van der Waals surface area contributed by atoms with Crippen molar-refractivity contribution < 1.29 is 76.5 Å². The van der Waals surface area contributed by atoms with E-state index in [4.69, 9.17) is 65.6 Å². The smallest absolute Gasteiger partial charge is 0.354 e. The molecule has 0 unspecified atom stereocenters. The maximum atomic E-state index is 13.5. The maximum Gasteiger partial charge on any atom is 0.354 e. The molecule has 6 fully saturated rings. The molecule has 9 atom stereocenters. The standard InChI is InChI=1S/2C26H34N6O5.C22H25N5O6.C3H10N2/c2*1-16(27)4-7-22(33)20-5-6-21-24(29-20)32(17-9-11-31(21)13-17)25(34)30-23-12-18(8-10-28-23)35-14-19-15-36-26(2,3)37-19;1-22(2)32-12-15(33-22)11-31-14-5-7-23-18(9-14)25-21(30)27-13-6-8-26(10-13)17-4-3-16(20(28)29)24-19(17)27;1-3(5)2-4/h2*5-6,8,10,12,16-17,19H,4,7,9,11,13-15,27H2,1-3H3,(H,28,30,34);3-5,7,9,13,15H,6,8,10-12H2,1-2H3,(H,28,29)(H,23,25,30);3H,2,4-5H2,1H3/t2*16-,17-,19-;13-,15-;3-/m0000/s1. The Balaban J connectivity index is 0.000000151. The largest absolute Gasteiger partial charge is 0.491 e. The topological polar surface area (TPSA) is 443 Å². The first-order valence-corrected chi connectivity index (χ1v) is 38.0. The number of carboxylic acids is 1. The average molecular weight is 1550 g/mol. The molecule has 6 bridgehead atoms. The van der Waals surface area contributed by atoms with Gasteiger partial charge in [-0.2, -0.15) is 0 Å². The summed E-state index contributed by atoms with van der Waals surface area (Å²) in [5.74, 6) is 0.847. The van der Waals surface area contributed by atoms with Gasteiger partial charge in [0, 0.05) is 114 Å². The molecule has 0 aliphatic carbocycles. The van der Waals surface area contributed by atoms with Crippen LogP contribution in [0.3, 0.4) is 0 Å². The molecule has 6 aromatic rings. The van der Waals surface area contributed by atoms with Crippen molar-refractivity contribution in [2.24, 2.45) is 22.9 Å². The Morgan fingerprint density at radius 3 is 1.06 bits per heavy atom. The number of aromatic carboxylic acids is 1. The van der Waals surface area contributed by atoms with Crippen LogP contribution in [-0.4, -0.2) is 228 Å². The van der Waals surface area contributed by atoms with Gasteiger partial charge >= 0.3 is 24.1 Å². The second-order valence-electron chi connectivity index (χ2n) is 30.5. The molecule has 9 aliphatic heterocycles. The van der Waals surface area contributed by atoms with E-state index in [-0.39, 0.29) is 83.9 Å². The minimum absolute atomic E-state index is 0.0447. The number of ether oxygens (including phenoxy) is 9. The summed E-state index contributed by atoms with van der Waals surface area (Å²) in [6.45, 7) is 24.2. The van der Waals surface area contributed by atoms with Crippen molar-refractivity contribution in [2.75, 3.05) is 131 Å². The van der Waals surface area contributed by atoms with Gasteiger partial charge in [0.15, 0.2) is 52.1 Å². The van der Waals surface area contributed by atoms with E-state index in [1.807, 2.05) is 74.4 Å². The van der Waals surface area contributed by atoms with Crippen LogP contribution in [0.5, 0.6) is 17.2 Å². The number of rotatable bonds is 22. The van der Waals surface area contributed by atoms with Gasteiger partial charge in [-0.05, 0) is 149 Å². The third-order valence-electron chi connectivity index (χ3n) is 19.7. The highest BCUT2D eigenvalue weighted by atomic mass is 16.8. The highest BCUT2D eigenvalue weighted by Gasteiger charge is 2.45. The van der Waals surface area contributed by atoms with Crippen LogP contribution < -0.4 is 82.5 Å². The molecule has 15 heterocycles. The van der Waals surface area contributed by atoms with Crippen LogP contribution in [0, 0.1) is 0 Å². The van der Waals surface area contributed by atoms with Gasteiger partial charge < -0.3 is 85.4 Å². The molecule has 12 N–H and O–H groups in total. The molecule has 9 aliphatic rings. The number of carbonyl (C=O) groups is 6. The van der Waals surface area contributed by atoms with Crippen molar-refractivity contribution >= 4 is 87.6 Å². The second-order valence-corrected chi connectivity index (χ2v) is 30.5. The predicted octanol–water partition coefficient (Wildman–Crippen LogP) is 7.52. The SMILES string of the molecule is CC1(C)OC[C@H](COc2ccnc(NC(=O)N3c4nc(C(=O)O)ccc4N4CC[C@H]3C4)c2)O1.C[C@H](N)CCC(=O)c1ccc2c(n1)N(C(=O)Nc1cc(OC[C@H]3COC(C)(C)O3)ccn1)[C@H]1CCN2C1.C[C@H](N)CCC(=O)c1ccc2c(n1)N(C(=O)Nc1cc(OC[C@H]3COC(C)(C)O3)ccn1)[C@H]1CCN2C1.C[C@H](N)CN. The van der Waals surface area contributed by atoms with Gasteiger partial charge in [0.25, 0.3) is 0 Å². The Morgan fingerprint density at radius 2 is 0.786 bits per heavy atom. The lowest BCUT2D eigenvalue weighted by Crippen LogP contribution is -2.48. The van der Waals surface area contributed by atoms with Crippen molar-refractivity contribution in [3.8, 4) is 17.2 Å². The Bertz CT molecular complexity index is 4180. The summed E-state index contributed by atoms with van der Waals surface area (Å²) < 4.78 is 51.5. The number of fused-ring (bicyclic) bond motifs is 12. The number of urea groups is 3. The number of ketones is 2. The molecule has 35 nitrogen and oxygen atoms in total. The van der Waals surface area contributed by atoms with E-state index in [1.54, 1.807) is 83.0 Å². The minimum atomic E-state index is -1.14. The van der Waals surface area contributed by atoms with E-state index in [0.717, 1.165) is 69.0 Å². The van der Waals surface area contributed by atoms with Crippen LogP contribution in [0.2, 0.25) is 0 Å². The molecule has 15 rings (SSSR count). The van der Waals surface area contributed by atoms with Gasteiger partial charge in [-0.15, -0.1) is 0 Å². The van der Waals surface area contributed by atoms with Crippen LogP contribution in [0.1, 0.15) is 139 Å². The Kier molecular flexibility index (Phi) is 25.7. The van der Waals surface area contributed by atoms with Crippen LogP contribution in [-0.2, 0) is 28.4 Å². The van der Waals surface area contributed by atoms with E-state index in [2.05, 4.69) is 60.6 Å². The van der Waals surface area contributed by atoms with Crippen molar-refractivity contribution in [1.82, 2.24) is 29.9 Å². The monoisotopic (exact) mass is 1550 g/mol. The Morgan fingerprint density at radius 1 is 0.482 bits per heavy atom. The van der Waals surface area contributed by atoms with E-state index in [0.29, 0.717) is 142 Å². The van der Waals surface area contributed by atoms with E-state index >= 15 is 0 Å². The van der Waals surface area contributed by atoms with Gasteiger partial charge in [-0.25, -0.2) is 49.1 Å². The zero-order valence-corrected chi connectivity index (χ0v) is 64.7. The second kappa shape index (κ2) is 35.3. The number of aromatic nitrogens is 6. The lowest BCUT2D eigenvalue weighted by Gasteiger charge is -2.35. The zero-order valence-electron chi connectivity index (χ0n) is 64.7. The minimum Gasteiger partial charge on any atom is -0.491 e. The van der Waals surface area contributed by atoms with Crippen molar-refractivity contribution in [1.29, 1.82) is 0 Å². The summed E-state index contributed by atoms with van der Waals surface area (Å²) in [4.78, 5) is 115. The maximum absolute atomic E-state index is 13.5. The number of pyridine rings is 6. The molecular weight excluding hydrogens is 1450 g/mol. The first kappa shape index (κ1) is 81.4. The number of hydrogen-bond acceptors (Lipinski definition) is 28. The first-order chi connectivity index (χ1) is 53.4. The Labute approximate surface area is 650 Å². The molecule has 6 amide bonds. The lowest BCUT2D eigenvalue weighted by molar-refractivity contribution is -0.141. The number of nitrogens with zero attached hydrogens (tertiary/aromatic N) is 12. The predicted molar refractivity (Wildman–Crippen MR) is 417 cm³/mol. The Hall–Kier alpha value is -10.1. The van der Waals surface area contributed by atoms with Crippen molar-refractivity contribution in [3.05, 3.63) is 108 Å². The third-order valence-corrected chi connectivity index (χ3v) is 19.7. The fraction of sp³-hybridized carbons (Fsp3) is 0.532. The third kappa shape index (κ3) is 20.6. The summed E-state index contributed by atoms with van der Waals surface area (Å²) >= 11 is 0. The van der Waals surface area contributed by atoms with E-state index in [1.165, 1.54) is 11.0 Å². The summed E-state index contributed by atoms with van der Waals surface area (Å²) in [6.07, 6.45) is 8.36. The van der Waals surface area contributed by atoms with Gasteiger partial charge in [-0.1, -0.05) is 0 Å². The molecule has 6 saturated heterocycles. The molecule has 112 heavy (non-hydrogen) atoms. The van der Waals surface area contributed by atoms with Crippen LogP contribution in [0.4, 0.5) is 66.4 Å². The highest BCUT2D eigenvalue weighted by molar-refractivity contribution is 6.07. The summed E-state index contributed by atoms with van der Waals surface area (Å²) in [5.41, 5.74) is 24.9. The number of nitrogens with one attached hydrogen (secondary N) is 3. The number of carboxylic acid groups (broad SMARTS) is 1. The molecule has 0 spiro atoms. The van der Waals surface area contributed by atoms with Gasteiger partial charge in [0.2, 0.25) is 0 Å². The molecule has 0 saturated carbocycles. The van der Waals surface area contributed by atoms with Gasteiger partial charge in [0.05, 0.1) is 55.0 Å². The van der Waals surface area contributed by atoms with Crippen LogP contribution in [0.25, 0.3) is 0 Å². The van der Waals surface area contributed by atoms with Crippen LogP contribution in [0.15, 0.2) is 91.4 Å². The molecule has 35 heteroatoms. The number of Topliss-reactive ketones (excluding diaryl/α,β-unsaturated/α-hetero) is 2. The summed E-state index contributed by atoms with van der Waals surface area (Å²) in [5, 5.41) is 17.9. The number of carbonyl (C=O) groups excluding carboxylic acids is 5. The van der Waals surface area contributed by atoms with Gasteiger partial charge in [-0.3, -0.25) is 40.2 Å². The lowest BCUT2D eigenvalue weighted by atomic mass is 10.1. The molecule has 602 valence electrons. The van der Waals surface area contributed by atoms with Crippen LogP contribution >= 0.6 is 0 Å². The zero-order chi connectivity index (χ0) is 79.8. The number of hydrogen-bond donors (Lipinski definition) is 8. The fourth-order valence-corrected chi connectivity index (χ4v) is 14.1. The molecule has 0 radical (unpaired) electrons. The van der Waals surface area contributed by atoms with Crippen molar-refractivity contribution in [2.45, 2.75) is 179 Å². The van der Waals surface area contributed by atoms with E-state index < -0.39 is 29.4 Å². The number of anilines is 9. The number of amides is 6. The highest BCUT2D eigenvalue weighted by Crippen LogP contribution is 2.43.